The normalized spacial score (nSPS) is 28.2. The van der Waals surface area contributed by atoms with E-state index in [1.165, 1.54) is 0 Å². The minimum atomic E-state index is -1.84. The number of nitrogens with zero attached hydrogens (tertiary/aromatic N) is 1. The first kappa shape index (κ1) is 13.6. The maximum Gasteiger partial charge on any atom is 0.188 e. The van der Waals surface area contributed by atoms with E-state index in [-0.39, 0.29) is 0 Å². The second-order valence-electron chi connectivity index (χ2n) is 2.82. The predicted molar refractivity (Wildman–Crippen MR) is 70.3 cm³/mol. The molecule has 0 N–H and O–H groups in total. The topological polar surface area (TPSA) is 12.5 Å². The highest BCUT2D eigenvalue weighted by Crippen LogP contribution is 2.64. The van der Waals surface area contributed by atoms with Crippen LogP contribution in [0.25, 0.3) is 0 Å². The van der Waals surface area contributed by atoms with Crippen molar-refractivity contribution in [3.63, 3.8) is 0 Å². The molecule has 0 saturated carbocycles. The molecule has 0 aromatic rings. The fraction of sp³-hybridized carbons (Fsp3) is 1.00. The molecule has 84 valence electrons. The van der Waals surface area contributed by atoms with Crippen LogP contribution in [0.2, 0.25) is 0 Å². The van der Waals surface area contributed by atoms with Gasteiger partial charge in [-0.05, 0) is 18.2 Å². The summed E-state index contributed by atoms with van der Waals surface area (Å²) in [6.45, 7) is 2.34. The van der Waals surface area contributed by atoms with Crippen LogP contribution in [0.4, 0.5) is 0 Å². The van der Waals surface area contributed by atoms with Crippen molar-refractivity contribution < 1.29 is 4.52 Å². The van der Waals surface area contributed by atoms with Gasteiger partial charge in [-0.25, -0.2) is 4.67 Å². The number of hydrogen-bond acceptors (Lipinski definition) is 3. The lowest BCUT2D eigenvalue weighted by Crippen LogP contribution is -2.26. The zero-order chi connectivity index (χ0) is 10.4. The van der Waals surface area contributed by atoms with Gasteiger partial charge >= 0.3 is 0 Å². The van der Waals surface area contributed by atoms with Crippen molar-refractivity contribution in [1.82, 2.24) is 4.67 Å². The Labute approximate surface area is 105 Å². The summed E-state index contributed by atoms with van der Waals surface area (Å²) in [6, 6.07) is 0. The predicted octanol–water partition coefficient (Wildman–Crippen LogP) is 3.14. The Morgan fingerprint density at radius 2 is 2.00 bits per heavy atom. The molecule has 1 atom stereocenters. The van der Waals surface area contributed by atoms with Gasteiger partial charge in [0.05, 0.1) is 6.61 Å². The van der Waals surface area contributed by atoms with Crippen LogP contribution in [-0.2, 0) is 16.3 Å². The number of rotatable bonds is 5. The highest BCUT2D eigenvalue weighted by Gasteiger charge is 2.29. The third-order valence-electron chi connectivity index (χ3n) is 1.83. The summed E-state index contributed by atoms with van der Waals surface area (Å²) in [4.78, 5) is 0. The lowest BCUT2D eigenvalue weighted by atomic mass is 10.5. The molecule has 1 unspecified atom stereocenters. The van der Waals surface area contributed by atoms with Gasteiger partial charge in [-0.3, -0.25) is 0 Å². The van der Waals surface area contributed by atoms with E-state index in [9.17, 15) is 0 Å². The van der Waals surface area contributed by atoms with Crippen molar-refractivity contribution in [1.29, 1.82) is 0 Å². The fourth-order valence-corrected chi connectivity index (χ4v) is 7.63. The van der Waals surface area contributed by atoms with E-state index in [0.717, 1.165) is 31.9 Å². The lowest BCUT2D eigenvalue weighted by molar-refractivity contribution is 0.317. The van der Waals surface area contributed by atoms with Crippen LogP contribution in [0.1, 0.15) is 6.42 Å². The molecule has 0 spiro atoms. The Hall–Kier alpha value is 1.50. The maximum absolute atomic E-state index is 5.74. The summed E-state index contributed by atoms with van der Waals surface area (Å²) in [6.07, 6.45) is 1.10. The highest BCUT2D eigenvalue weighted by molar-refractivity contribution is 8.68. The minimum Gasteiger partial charge on any atom is -0.330 e. The smallest absolute Gasteiger partial charge is 0.188 e. The van der Waals surface area contributed by atoms with Gasteiger partial charge in [0.2, 0.25) is 0 Å². The summed E-state index contributed by atoms with van der Waals surface area (Å²) in [5.74, 6) is 2.26. The average Bonchev–Trinajstić information content (AvgIpc) is 2.19. The molecule has 1 aliphatic rings. The lowest BCUT2D eigenvalue weighted by Gasteiger charge is -2.35. The molecule has 1 aliphatic heterocycles. The van der Waals surface area contributed by atoms with Gasteiger partial charge in [-0.15, -0.1) is 23.2 Å². The van der Waals surface area contributed by atoms with Crippen molar-refractivity contribution in [2.45, 2.75) is 6.42 Å². The Morgan fingerprint density at radius 3 is 2.43 bits per heavy atom. The highest BCUT2D eigenvalue weighted by atomic mass is 35.5. The van der Waals surface area contributed by atoms with Crippen LogP contribution in [-0.4, -0.2) is 41.9 Å². The molecule has 1 heterocycles. The minimum absolute atomic E-state index is 0.583. The molecule has 7 heteroatoms. The summed E-state index contributed by atoms with van der Waals surface area (Å²) >= 11 is 18.8. The van der Waals surface area contributed by atoms with E-state index in [1.807, 2.05) is 0 Å². The Morgan fingerprint density at radius 1 is 1.36 bits per heavy atom. The van der Waals surface area contributed by atoms with Crippen molar-refractivity contribution in [2.75, 3.05) is 37.2 Å². The monoisotopic (exact) mass is 293 g/mol. The molecule has 1 rings (SSSR count). The molecule has 0 aromatic heterocycles. The van der Waals surface area contributed by atoms with Crippen LogP contribution in [0.3, 0.4) is 0 Å². The summed E-state index contributed by atoms with van der Waals surface area (Å²) in [7, 11) is 0. The van der Waals surface area contributed by atoms with Crippen LogP contribution in [0.15, 0.2) is 0 Å². The zero-order valence-electron chi connectivity index (χ0n) is 7.82. The first-order valence-electron chi connectivity index (χ1n) is 4.49. The van der Waals surface area contributed by atoms with E-state index in [0.29, 0.717) is 11.8 Å². The molecule has 0 aliphatic carbocycles. The summed E-state index contributed by atoms with van der Waals surface area (Å²) in [5, 5.41) is 0. The first-order valence-corrected chi connectivity index (χ1v) is 9.82. The standard InChI is InChI=1S/C7H14Cl2NOPS2/c8-2-4-10(5-3-9)12(13)11-6-1-7-14-12/h1-7H2. The molecule has 2 nitrogen and oxygen atoms in total. The second kappa shape index (κ2) is 6.95. The molecular formula is C7H14Cl2NOPS2. The molecule has 0 amide bonds. The molecule has 0 aromatic carbocycles. The largest absolute Gasteiger partial charge is 0.330 e. The van der Waals surface area contributed by atoms with Gasteiger partial charge < -0.3 is 4.52 Å². The van der Waals surface area contributed by atoms with Gasteiger partial charge in [0, 0.05) is 30.6 Å². The average molecular weight is 294 g/mol. The van der Waals surface area contributed by atoms with Gasteiger partial charge in [0.15, 0.2) is 5.62 Å². The number of hydrogen-bond donors (Lipinski definition) is 0. The van der Waals surface area contributed by atoms with Gasteiger partial charge in [-0.2, -0.15) is 0 Å². The van der Waals surface area contributed by atoms with E-state index in [2.05, 4.69) is 4.67 Å². The Balaban J connectivity index is 2.58. The summed E-state index contributed by atoms with van der Waals surface area (Å²) < 4.78 is 7.88. The second-order valence-corrected chi connectivity index (χ2v) is 10.4. The summed E-state index contributed by atoms with van der Waals surface area (Å²) in [5.41, 5.74) is -1.84. The molecule has 1 fully saturated rings. The number of halogens is 2. The van der Waals surface area contributed by atoms with E-state index < -0.39 is 5.62 Å². The Bertz CT molecular complexity index is 204. The molecule has 0 radical (unpaired) electrons. The van der Waals surface area contributed by atoms with E-state index >= 15 is 0 Å². The van der Waals surface area contributed by atoms with Gasteiger partial charge in [0.1, 0.15) is 0 Å². The van der Waals surface area contributed by atoms with Crippen LogP contribution in [0, 0.1) is 0 Å². The van der Waals surface area contributed by atoms with Crippen molar-refractivity contribution >= 4 is 52.0 Å². The van der Waals surface area contributed by atoms with Crippen molar-refractivity contribution in [3.05, 3.63) is 0 Å². The third kappa shape index (κ3) is 3.82. The molecule has 1 saturated heterocycles. The third-order valence-corrected chi connectivity index (χ3v) is 9.06. The van der Waals surface area contributed by atoms with Crippen molar-refractivity contribution in [2.24, 2.45) is 0 Å². The number of alkyl halides is 2. The van der Waals surface area contributed by atoms with Gasteiger partial charge in [0.25, 0.3) is 0 Å². The molecular weight excluding hydrogens is 280 g/mol. The van der Waals surface area contributed by atoms with Crippen LogP contribution in [0.5, 0.6) is 0 Å². The quantitative estimate of drug-likeness (QED) is 0.570. The maximum atomic E-state index is 5.74. The van der Waals surface area contributed by atoms with E-state index in [4.69, 9.17) is 39.5 Å². The van der Waals surface area contributed by atoms with Crippen LogP contribution >= 0.6 is 40.2 Å². The molecule has 14 heavy (non-hydrogen) atoms. The van der Waals surface area contributed by atoms with E-state index in [1.54, 1.807) is 11.4 Å². The zero-order valence-corrected chi connectivity index (χ0v) is 11.9. The SMILES string of the molecule is S=P1(N(CCCl)CCCl)OCCCS1. The van der Waals surface area contributed by atoms with Crippen LogP contribution < -0.4 is 0 Å². The van der Waals surface area contributed by atoms with Gasteiger partial charge in [-0.1, -0.05) is 11.4 Å². The van der Waals surface area contributed by atoms with Crippen molar-refractivity contribution in [3.8, 4) is 0 Å². The Kier molecular flexibility index (Phi) is 6.73. The fourth-order valence-electron chi connectivity index (χ4n) is 1.17. The first-order chi connectivity index (χ1) is 6.73. The molecule has 0 bridgehead atoms.